The Morgan fingerprint density at radius 2 is 1.95 bits per heavy atom. The summed E-state index contributed by atoms with van der Waals surface area (Å²) in [6.45, 7) is 0.848. The lowest BCUT2D eigenvalue weighted by Crippen LogP contribution is -2.18. The molecule has 0 bridgehead atoms. The van der Waals surface area contributed by atoms with Crippen LogP contribution in [-0.2, 0) is 12.7 Å². The molecule has 0 spiro atoms. The third kappa shape index (κ3) is 2.55. The zero-order valence-electron chi connectivity index (χ0n) is 11.3. The lowest BCUT2D eigenvalue weighted by atomic mass is 9.97. The Balaban J connectivity index is 1.97. The molecular formula is C15H15F3N2O. The molecule has 1 aromatic carbocycles. The van der Waals surface area contributed by atoms with Gasteiger partial charge in [-0.15, -0.1) is 0 Å². The van der Waals surface area contributed by atoms with Crippen LogP contribution in [0.2, 0.25) is 0 Å². The molecule has 112 valence electrons. The zero-order chi connectivity index (χ0) is 15.0. The summed E-state index contributed by atoms with van der Waals surface area (Å²) in [6.07, 6.45) is -0.767. The Labute approximate surface area is 120 Å². The highest BCUT2D eigenvalue weighted by Crippen LogP contribution is 2.33. The van der Waals surface area contributed by atoms with Gasteiger partial charge in [-0.3, -0.25) is 0 Å². The highest BCUT2D eigenvalue weighted by Gasteiger charge is 2.30. The summed E-state index contributed by atoms with van der Waals surface area (Å²) in [7, 11) is 0. The number of rotatable bonds is 2. The number of alkyl halides is 3. The quantitative estimate of drug-likeness (QED) is 0.922. The van der Waals surface area contributed by atoms with Gasteiger partial charge in [-0.05, 0) is 25.0 Å². The number of aromatic nitrogens is 2. The third-order valence-electron chi connectivity index (χ3n) is 3.93. The van der Waals surface area contributed by atoms with Crippen LogP contribution in [0.5, 0.6) is 0 Å². The average Bonchev–Trinajstić information content (AvgIpc) is 2.90. The monoisotopic (exact) mass is 296 g/mol. The van der Waals surface area contributed by atoms with Gasteiger partial charge >= 0.3 is 6.18 Å². The van der Waals surface area contributed by atoms with E-state index in [0.717, 1.165) is 37.2 Å². The van der Waals surface area contributed by atoms with Crippen LogP contribution in [0.25, 0.3) is 11.4 Å². The van der Waals surface area contributed by atoms with E-state index in [0.29, 0.717) is 11.4 Å². The van der Waals surface area contributed by atoms with Gasteiger partial charge in [0.05, 0.1) is 12.2 Å². The van der Waals surface area contributed by atoms with Crippen LogP contribution in [0.15, 0.2) is 30.5 Å². The molecule has 0 saturated heterocycles. The summed E-state index contributed by atoms with van der Waals surface area (Å²) >= 11 is 0. The first-order valence-corrected chi connectivity index (χ1v) is 6.84. The molecule has 6 heteroatoms. The molecule has 1 atom stereocenters. The number of benzene rings is 1. The van der Waals surface area contributed by atoms with E-state index in [1.54, 1.807) is 6.20 Å². The minimum absolute atomic E-state index is 0.0643. The van der Waals surface area contributed by atoms with Gasteiger partial charge in [-0.25, -0.2) is 4.98 Å². The summed E-state index contributed by atoms with van der Waals surface area (Å²) < 4.78 is 39.7. The predicted octanol–water partition coefficient (Wildman–Crippen LogP) is 3.44. The number of hydrogen-bond donors (Lipinski definition) is 1. The molecule has 2 aromatic rings. The average molecular weight is 296 g/mol. The standard InChI is InChI=1S/C15H15F3N2O/c16-15(17,18)12-5-3-10(4-6-12)14-19-8-13-11(9-21)2-1-7-20(13)14/h3-6,8,11,21H,1-2,7,9H2. The maximum atomic E-state index is 12.6. The lowest BCUT2D eigenvalue weighted by molar-refractivity contribution is -0.137. The fourth-order valence-electron chi connectivity index (χ4n) is 2.82. The fraction of sp³-hybridized carbons (Fsp3) is 0.400. The van der Waals surface area contributed by atoms with Crippen molar-refractivity contribution in [2.45, 2.75) is 31.5 Å². The van der Waals surface area contributed by atoms with Crippen molar-refractivity contribution in [1.82, 2.24) is 9.55 Å². The largest absolute Gasteiger partial charge is 0.416 e. The molecule has 1 aliphatic rings. The number of hydrogen-bond acceptors (Lipinski definition) is 2. The van der Waals surface area contributed by atoms with Gasteiger partial charge in [0.15, 0.2) is 0 Å². The molecular weight excluding hydrogens is 281 g/mol. The van der Waals surface area contributed by atoms with Gasteiger partial charge in [-0.2, -0.15) is 13.2 Å². The third-order valence-corrected chi connectivity index (χ3v) is 3.93. The molecule has 3 nitrogen and oxygen atoms in total. The van der Waals surface area contributed by atoms with E-state index in [-0.39, 0.29) is 12.5 Å². The number of imidazole rings is 1. The second-order valence-electron chi connectivity index (χ2n) is 5.26. The zero-order valence-corrected chi connectivity index (χ0v) is 11.3. The Kier molecular flexibility index (Phi) is 3.49. The minimum Gasteiger partial charge on any atom is -0.396 e. The first-order valence-electron chi connectivity index (χ1n) is 6.84. The van der Waals surface area contributed by atoms with E-state index in [1.165, 1.54) is 12.1 Å². The van der Waals surface area contributed by atoms with Crippen molar-refractivity contribution in [2.24, 2.45) is 0 Å². The molecule has 0 amide bonds. The number of aliphatic hydroxyl groups is 1. The van der Waals surface area contributed by atoms with E-state index in [4.69, 9.17) is 0 Å². The smallest absolute Gasteiger partial charge is 0.396 e. The second-order valence-corrected chi connectivity index (χ2v) is 5.26. The molecule has 3 rings (SSSR count). The first kappa shape index (κ1) is 14.1. The fourth-order valence-corrected chi connectivity index (χ4v) is 2.82. The van der Waals surface area contributed by atoms with Crippen molar-refractivity contribution in [3.05, 3.63) is 41.7 Å². The van der Waals surface area contributed by atoms with Crippen molar-refractivity contribution < 1.29 is 18.3 Å². The summed E-state index contributed by atoms with van der Waals surface area (Å²) in [5.74, 6) is 0.728. The maximum Gasteiger partial charge on any atom is 0.416 e. The van der Waals surface area contributed by atoms with E-state index in [2.05, 4.69) is 4.98 Å². The maximum absolute atomic E-state index is 12.6. The van der Waals surface area contributed by atoms with Gasteiger partial charge in [0.25, 0.3) is 0 Å². The summed E-state index contributed by atoms with van der Waals surface area (Å²) in [5.41, 5.74) is 0.955. The number of aliphatic hydroxyl groups excluding tert-OH is 1. The van der Waals surface area contributed by atoms with Crippen molar-refractivity contribution in [3.8, 4) is 11.4 Å². The Hall–Kier alpha value is -1.82. The van der Waals surface area contributed by atoms with E-state index in [9.17, 15) is 18.3 Å². The van der Waals surface area contributed by atoms with Crippen LogP contribution in [0, 0.1) is 0 Å². The Bertz CT molecular complexity index is 631. The van der Waals surface area contributed by atoms with Gasteiger partial charge in [-0.1, -0.05) is 12.1 Å². The van der Waals surface area contributed by atoms with Gasteiger partial charge in [0, 0.05) is 29.9 Å². The van der Waals surface area contributed by atoms with Crippen LogP contribution < -0.4 is 0 Å². The number of fused-ring (bicyclic) bond motifs is 1. The topological polar surface area (TPSA) is 38.0 Å². The van der Waals surface area contributed by atoms with Crippen molar-refractivity contribution in [1.29, 1.82) is 0 Å². The molecule has 1 aliphatic heterocycles. The normalized spacial score (nSPS) is 18.6. The molecule has 0 fully saturated rings. The number of halogens is 3. The SMILES string of the molecule is OCC1CCCn2c1cnc2-c1ccc(C(F)(F)F)cc1. The number of nitrogens with zero attached hydrogens (tertiary/aromatic N) is 2. The predicted molar refractivity (Wildman–Crippen MR) is 71.7 cm³/mol. The Morgan fingerprint density at radius 3 is 2.57 bits per heavy atom. The summed E-state index contributed by atoms with van der Waals surface area (Å²) in [4.78, 5) is 4.33. The van der Waals surface area contributed by atoms with Crippen LogP contribution in [0.4, 0.5) is 13.2 Å². The van der Waals surface area contributed by atoms with E-state index < -0.39 is 11.7 Å². The molecule has 21 heavy (non-hydrogen) atoms. The van der Waals surface area contributed by atoms with Crippen molar-refractivity contribution >= 4 is 0 Å². The molecule has 0 saturated carbocycles. The molecule has 0 aliphatic carbocycles. The van der Waals surface area contributed by atoms with Gasteiger partial charge in [0.1, 0.15) is 5.82 Å². The van der Waals surface area contributed by atoms with Gasteiger partial charge in [0.2, 0.25) is 0 Å². The first-order chi connectivity index (χ1) is 10.0. The van der Waals surface area contributed by atoms with Crippen LogP contribution >= 0.6 is 0 Å². The molecule has 2 heterocycles. The van der Waals surface area contributed by atoms with Crippen LogP contribution in [0.1, 0.15) is 30.0 Å². The molecule has 1 aromatic heterocycles. The Morgan fingerprint density at radius 1 is 1.24 bits per heavy atom. The van der Waals surface area contributed by atoms with E-state index >= 15 is 0 Å². The van der Waals surface area contributed by atoms with Crippen molar-refractivity contribution in [3.63, 3.8) is 0 Å². The molecule has 1 N–H and O–H groups in total. The minimum atomic E-state index is -4.33. The van der Waals surface area contributed by atoms with Crippen LogP contribution in [0.3, 0.4) is 0 Å². The molecule has 1 unspecified atom stereocenters. The highest BCUT2D eigenvalue weighted by molar-refractivity contribution is 5.57. The van der Waals surface area contributed by atoms with E-state index in [1.807, 2.05) is 4.57 Å². The van der Waals surface area contributed by atoms with Gasteiger partial charge < -0.3 is 9.67 Å². The highest BCUT2D eigenvalue weighted by atomic mass is 19.4. The lowest BCUT2D eigenvalue weighted by Gasteiger charge is -2.23. The summed E-state index contributed by atoms with van der Waals surface area (Å²) in [6, 6.07) is 5.04. The van der Waals surface area contributed by atoms with Crippen LogP contribution in [-0.4, -0.2) is 21.3 Å². The summed E-state index contributed by atoms with van der Waals surface area (Å²) in [5, 5.41) is 9.38. The molecule has 0 radical (unpaired) electrons. The second kappa shape index (κ2) is 5.18. The van der Waals surface area contributed by atoms with Crippen molar-refractivity contribution in [2.75, 3.05) is 6.61 Å².